The van der Waals surface area contributed by atoms with Gasteiger partial charge < -0.3 is 15.2 Å². The summed E-state index contributed by atoms with van der Waals surface area (Å²) in [6.45, 7) is 0.143. The van der Waals surface area contributed by atoms with E-state index in [4.69, 9.17) is 4.74 Å². The zero-order valence-corrected chi connectivity index (χ0v) is 15.1. The molecule has 2 N–H and O–H groups in total. The minimum Gasteiger partial charge on any atom is -0.481 e. The minimum atomic E-state index is -0.294. The van der Waals surface area contributed by atoms with Crippen molar-refractivity contribution in [3.05, 3.63) is 54.4 Å². The maximum Gasteiger partial charge on any atom is 0.242 e. The average molecular weight is 366 g/mol. The van der Waals surface area contributed by atoms with Gasteiger partial charge in [0.1, 0.15) is 6.54 Å². The molecule has 0 radical (unpaired) electrons. The number of benzene rings is 1. The normalized spacial score (nSPS) is 20.1. The van der Waals surface area contributed by atoms with Crippen LogP contribution in [0.15, 0.2) is 48.8 Å². The third-order valence-corrected chi connectivity index (χ3v) is 5.03. The molecule has 2 aromatic heterocycles. The van der Waals surface area contributed by atoms with Gasteiger partial charge in [0.05, 0.1) is 24.8 Å². The standard InChI is InChI=1S/C20H22N4O3/c1-27-19-7-6-13(10-21-19)20(15-8-16(25)9-15)22-18(26)12-24-11-14-4-2-3-5-17(14)23-24/h2-7,10-11,15-16,20,25H,8-9,12H2,1H3,(H,22,26). The Morgan fingerprint density at radius 2 is 2.15 bits per heavy atom. The number of fused-ring (bicyclic) bond motifs is 1. The molecule has 1 aliphatic rings. The Balaban J connectivity index is 1.48. The Kier molecular flexibility index (Phi) is 4.77. The molecule has 1 fully saturated rings. The van der Waals surface area contributed by atoms with Crippen molar-refractivity contribution in [1.82, 2.24) is 20.1 Å². The highest BCUT2D eigenvalue weighted by Gasteiger charge is 2.35. The van der Waals surface area contributed by atoms with Crippen LogP contribution in [0.3, 0.4) is 0 Å². The number of carbonyl (C=O) groups excluding carboxylic acids is 1. The number of aromatic nitrogens is 3. The first kappa shape index (κ1) is 17.5. The zero-order chi connectivity index (χ0) is 18.8. The van der Waals surface area contributed by atoms with Crippen LogP contribution in [-0.4, -0.2) is 39.0 Å². The third kappa shape index (κ3) is 3.78. The topological polar surface area (TPSA) is 89.3 Å². The predicted octanol–water partition coefficient (Wildman–Crippen LogP) is 2.07. The molecular formula is C20H22N4O3. The van der Waals surface area contributed by atoms with Crippen LogP contribution in [0.1, 0.15) is 24.4 Å². The fraction of sp³-hybridized carbons (Fsp3) is 0.350. The van der Waals surface area contributed by atoms with E-state index in [1.165, 1.54) is 0 Å². The van der Waals surface area contributed by atoms with Crippen molar-refractivity contribution in [3.63, 3.8) is 0 Å². The van der Waals surface area contributed by atoms with Gasteiger partial charge in [-0.15, -0.1) is 0 Å². The van der Waals surface area contributed by atoms with Gasteiger partial charge in [-0.25, -0.2) is 4.98 Å². The van der Waals surface area contributed by atoms with Crippen molar-refractivity contribution in [2.75, 3.05) is 7.11 Å². The number of hydrogen-bond acceptors (Lipinski definition) is 5. The van der Waals surface area contributed by atoms with Gasteiger partial charge in [-0.1, -0.05) is 24.3 Å². The number of methoxy groups -OCH3 is 1. The number of pyridine rings is 1. The Labute approximate surface area is 157 Å². The molecule has 1 amide bonds. The fourth-order valence-electron chi connectivity index (χ4n) is 3.53. The summed E-state index contributed by atoms with van der Waals surface area (Å²) in [6, 6.07) is 11.3. The van der Waals surface area contributed by atoms with Crippen molar-refractivity contribution in [1.29, 1.82) is 0 Å². The van der Waals surface area contributed by atoms with Crippen molar-refractivity contribution in [2.45, 2.75) is 31.5 Å². The van der Waals surface area contributed by atoms with Crippen LogP contribution in [0.5, 0.6) is 5.88 Å². The average Bonchev–Trinajstić information content (AvgIpc) is 3.06. The van der Waals surface area contributed by atoms with Crippen LogP contribution in [0.2, 0.25) is 0 Å². The van der Waals surface area contributed by atoms with Gasteiger partial charge in [0, 0.05) is 23.8 Å². The first-order chi connectivity index (χ1) is 13.1. The summed E-state index contributed by atoms with van der Waals surface area (Å²) < 4.78 is 6.76. The van der Waals surface area contributed by atoms with Crippen LogP contribution in [0.25, 0.3) is 10.9 Å². The summed E-state index contributed by atoms with van der Waals surface area (Å²) in [4.78, 5) is 16.9. The van der Waals surface area contributed by atoms with Crippen LogP contribution in [-0.2, 0) is 11.3 Å². The monoisotopic (exact) mass is 366 g/mol. The van der Waals surface area contributed by atoms with E-state index < -0.39 is 0 Å². The molecule has 140 valence electrons. The molecule has 1 saturated carbocycles. The maximum atomic E-state index is 12.6. The molecule has 1 aliphatic carbocycles. The molecule has 0 saturated heterocycles. The number of rotatable bonds is 6. The highest BCUT2D eigenvalue weighted by Crippen LogP contribution is 2.38. The van der Waals surface area contributed by atoms with Crippen LogP contribution in [0.4, 0.5) is 0 Å². The fourth-order valence-corrected chi connectivity index (χ4v) is 3.53. The number of amides is 1. The quantitative estimate of drug-likeness (QED) is 0.697. The number of hydrogen-bond donors (Lipinski definition) is 2. The Morgan fingerprint density at radius 1 is 1.33 bits per heavy atom. The lowest BCUT2D eigenvalue weighted by Gasteiger charge is -2.38. The second-order valence-corrected chi connectivity index (χ2v) is 6.95. The van der Waals surface area contributed by atoms with Gasteiger partial charge in [-0.2, -0.15) is 5.10 Å². The molecule has 27 heavy (non-hydrogen) atoms. The lowest BCUT2D eigenvalue weighted by molar-refractivity contribution is -0.123. The minimum absolute atomic E-state index is 0.120. The van der Waals surface area contributed by atoms with Crippen LogP contribution < -0.4 is 10.1 Å². The number of nitrogens with one attached hydrogen (secondary N) is 1. The molecule has 0 bridgehead atoms. The summed E-state index contributed by atoms with van der Waals surface area (Å²) in [7, 11) is 1.57. The highest BCUT2D eigenvalue weighted by molar-refractivity contribution is 5.80. The van der Waals surface area contributed by atoms with Crippen molar-refractivity contribution in [2.24, 2.45) is 5.92 Å². The molecule has 4 rings (SSSR count). The molecule has 2 heterocycles. The Hall–Kier alpha value is -2.93. The van der Waals surface area contributed by atoms with Gasteiger partial charge >= 0.3 is 0 Å². The lowest BCUT2D eigenvalue weighted by atomic mass is 9.75. The molecule has 3 aromatic rings. The van der Waals surface area contributed by atoms with Crippen LogP contribution >= 0.6 is 0 Å². The van der Waals surface area contributed by atoms with Gasteiger partial charge in [0.25, 0.3) is 0 Å². The van der Waals surface area contributed by atoms with E-state index in [1.54, 1.807) is 24.1 Å². The molecular weight excluding hydrogens is 344 g/mol. The van der Waals surface area contributed by atoms with Crippen molar-refractivity contribution < 1.29 is 14.6 Å². The number of aliphatic hydroxyl groups excluding tert-OH is 1. The molecule has 0 spiro atoms. The molecule has 1 aromatic carbocycles. The third-order valence-electron chi connectivity index (χ3n) is 5.03. The second kappa shape index (κ2) is 7.36. The summed E-state index contributed by atoms with van der Waals surface area (Å²) in [6.07, 6.45) is 4.63. The number of aliphatic hydroxyl groups is 1. The lowest BCUT2D eigenvalue weighted by Crippen LogP contribution is -2.42. The summed E-state index contributed by atoms with van der Waals surface area (Å²) >= 11 is 0. The van der Waals surface area contributed by atoms with Gasteiger partial charge in [-0.05, 0) is 30.4 Å². The first-order valence-corrected chi connectivity index (χ1v) is 9.02. The van der Waals surface area contributed by atoms with E-state index in [9.17, 15) is 9.90 Å². The van der Waals surface area contributed by atoms with Crippen molar-refractivity contribution in [3.8, 4) is 5.88 Å². The van der Waals surface area contributed by atoms with Crippen LogP contribution in [0, 0.1) is 5.92 Å². The SMILES string of the molecule is COc1ccc(C(NC(=O)Cn2cc3ccccc3n2)C2CC(O)C2)cn1. The van der Waals surface area contributed by atoms with Gasteiger partial charge in [0.2, 0.25) is 11.8 Å². The van der Waals surface area contributed by atoms with E-state index >= 15 is 0 Å². The molecule has 1 unspecified atom stereocenters. The number of carbonyl (C=O) groups is 1. The zero-order valence-electron chi connectivity index (χ0n) is 15.1. The predicted molar refractivity (Wildman–Crippen MR) is 100 cm³/mol. The Morgan fingerprint density at radius 3 is 2.81 bits per heavy atom. The molecule has 0 aliphatic heterocycles. The number of ether oxygens (including phenoxy) is 1. The number of nitrogens with zero attached hydrogens (tertiary/aromatic N) is 3. The molecule has 7 nitrogen and oxygen atoms in total. The van der Waals surface area contributed by atoms with Gasteiger partial charge in [0.15, 0.2) is 0 Å². The second-order valence-electron chi connectivity index (χ2n) is 6.95. The summed E-state index contributed by atoms with van der Waals surface area (Å²) in [5.74, 6) is 0.599. The Bertz CT molecular complexity index is 899. The van der Waals surface area contributed by atoms with E-state index in [0.29, 0.717) is 18.7 Å². The summed E-state index contributed by atoms with van der Waals surface area (Å²) in [5.41, 5.74) is 1.77. The first-order valence-electron chi connectivity index (χ1n) is 9.02. The van der Waals surface area contributed by atoms with E-state index in [-0.39, 0.29) is 30.5 Å². The van der Waals surface area contributed by atoms with E-state index in [1.807, 2.05) is 36.5 Å². The maximum absolute atomic E-state index is 12.6. The molecule has 1 atom stereocenters. The summed E-state index contributed by atoms with van der Waals surface area (Å²) in [5, 5.41) is 18.2. The van der Waals surface area contributed by atoms with E-state index in [2.05, 4.69) is 15.4 Å². The van der Waals surface area contributed by atoms with Gasteiger partial charge in [-0.3, -0.25) is 9.48 Å². The smallest absolute Gasteiger partial charge is 0.242 e. The van der Waals surface area contributed by atoms with Crippen molar-refractivity contribution >= 4 is 16.8 Å². The highest BCUT2D eigenvalue weighted by atomic mass is 16.5. The largest absolute Gasteiger partial charge is 0.481 e. The van der Waals surface area contributed by atoms with E-state index in [0.717, 1.165) is 16.5 Å². The molecule has 7 heteroatoms.